The van der Waals surface area contributed by atoms with Crippen LogP contribution in [0.5, 0.6) is 0 Å². The summed E-state index contributed by atoms with van der Waals surface area (Å²) in [7, 11) is 0. The van der Waals surface area contributed by atoms with E-state index >= 15 is 0 Å². The van der Waals surface area contributed by atoms with Gasteiger partial charge in [-0.15, -0.1) is 0 Å². The topological polar surface area (TPSA) is 76.5 Å². The van der Waals surface area contributed by atoms with E-state index in [9.17, 15) is 0 Å². The molecule has 0 amide bonds. The molecule has 0 unspecified atom stereocenters. The Hall–Kier alpha value is -1.07. The summed E-state index contributed by atoms with van der Waals surface area (Å²) >= 11 is 0. The van der Waals surface area contributed by atoms with Crippen LogP contribution >= 0.6 is 0 Å². The summed E-state index contributed by atoms with van der Waals surface area (Å²) in [5.41, 5.74) is 10.9. The van der Waals surface area contributed by atoms with Crippen molar-refractivity contribution in [1.29, 1.82) is 0 Å². The molecule has 0 aliphatic heterocycles. The quantitative estimate of drug-likeness (QED) is 0.0681. The molecule has 4 aliphatic rings. The molecule has 0 N–H and O–H groups in total. The summed E-state index contributed by atoms with van der Waals surface area (Å²) < 4.78 is 17.3. The molecule has 8 atom stereocenters. The van der Waals surface area contributed by atoms with E-state index in [0.29, 0.717) is 56.5 Å². The van der Waals surface area contributed by atoms with Gasteiger partial charge in [0.2, 0.25) is 0 Å². The van der Waals surface area contributed by atoms with Gasteiger partial charge < -0.3 is 14.2 Å². The highest BCUT2D eigenvalue weighted by molar-refractivity contribution is 5.25. The lowest BCUT2D eigenvalue weighted by Crippen LogP contribution is -2.51. The first-order valence-electron chi connectivity index (χ1n) is 16.3. The Kier molecular flexibility index (Phi) is 11.2. The number of rotatable bonds is 15. The molecule has 4 aliphatic carbocycles. The summed E-state index contributed by atoms with van der Waals surface area (Å²) in [6.07, 6.45) is 17.9. The molecule has 0 aromatic carbocycles. The Balaban J connectivity index is 1.24. The lowest BCUT2D eigenvalue weighted by molar-refractivity contribution is -0.0688. The van der Waals surface area contributed by atoms with Gasteiger partial charge in [-0.05, 0) is 103 Å². The van der Waals surface area contributed by atoms with Crippen LogP contribution in [0.25, 0.3) is 10.4 Å². The lowest BCUT2D eigenvalue weighted by atomic mass is 9.47. The van der Waals surface area contributed by atoms with Crippen LogP contribution < -0.4 is 0 Å². The fourth-order valence-electron chi connectivity index (χ4n) is 9.54. The van der Waals surface area contributed by atoms with Crippen molar-refractivity contribution in [2.24, 2.45) is 51.5 Å². The van der Waals surface area contributed by atoms with Gasteiger partial charge in [-0.1, -0.05) is 70.6 Å². The van der Waals surface area contributed by atoms with Gasteiger partial charge in [-0.2, -0.15) is 0 Å². The van der Waals surface area contributed by atoms with Crippen LogP contribution in [0.3, 0.4) is 0 Å². The van der Waals surface area contributed by atoms with Crippen molar-refractivity contribution in [1.82, 2.24) is 0 Å². The van der Waals surface area contributed by atoms with E-state index in [2.05, 4.69) is 50.7 Å². The van der Waals surface area contributed by atoms with Crippen molar-refractivity contribution >= 4 is 0 Å². The molecule has 6 nitrogen and oxygen atoms in total. The highest BCUT2D eigenvalue weighted by Gasteiger charge is 2.59. The maximum atomic E-state index is 8.26. The zero-order valence-corrected chi connectivity index (χ0v) is 25.7. The molecule has 0 aromatic rings. The average Bonchev–Trinajstić information content (AvgIpc) is 3.27. The summed E-state index contributed by atoms with van der Waals surface area (Å²) in [4.78, 5) is 2.72. The summed E-state index contributed by atoms with van der Waals surface area (Å²) in [6.45, 7) is 15.8. The van der Waals surface area contributed by atoms with E-state index in [1.165, 1.54) is 64.2 Å². The molecule has 3 fully saturated rings. The lowest BCUT2D eigenvalue weighted by Gasteiger charge is -2.58. The first kappa shape index (κ1) is 30.9. The SMILES string of the molecule is CC(C)CCC[C@@H](C)[C@H]1CC[C@H]2[C@@H]3CC=C4C[C@@H](OCCOCCOCCN=[N+]=[N-])CC[C@]4(C)[C@H]3CC[C@]12C. The van der Waals surface area contributed by atoms with Crippen LogP contribution in [0, 0.1) is 46.3 Å². The predicted octanol–water partition coefficient (Wildman–Crippen LogP) is 8.76. The fraction of sp³-hybridized carbons (Fsp3) is 0.939. The Morgan fingerprint density at radius 3 is 2.49 bits per heavy atom. The molecule has 0 bridgehead atoms. The van der Waals surface area contributed by atoms with Gasteiger partial charge in [0, 0.05) is 11.5 Å². The first-order chi connectivity index (χ1) is 18.8. The number of allylic oxidation sites excluding steroid dienone is 1. The van der Waals surface area contributed by atoms with Crippen molar-refractivity contribution in [2.75, 3.05) is 39.6 Å². The van der Waals surface area contributed by atoms with Crippen molar-refractivity contribution in [2.45, 2.75) is 111 Å². The third-order valence-electron chi connectivity index (χ3n) is 11.6. The molecule has 39 heavy (non-hydrogen) atoms. The smallest absolute Gasteiger partial charge is 0.0704 e. The zero-order chi connectivity index (χ0) is 27.9. The molecule has 0 radical (unpaired) electrons. The van der Waals surface area contributed by atoms with E-state index in [4.69, 9.17) is 19.7 Å². The third kappa shape index (κ3) is 7.23. The molecule has 0 saturated heterocycles. The van der Waals surface area contributed by atoms with Gasteiger partial charge in [-0.3, -0.25) is 0 Å². The van der Waals surface area contributed by atoms with Gasteiger partial charge in [0.1, 0.15) is 0 Å². The molecular formula is C33H57N3O3. The van der Waals surface area contributed by atoms with E-state index in [1.807, 2.05) is 0 Å². The number of azide groups is 1. The van der Waals surface area contributed by atoms with Gasteiger partial charge in [0.05, 0.1) is 39.1 Å². The van der Waals surface area contributed by atoms with Crippen molar-refractivity contribution in [3.8, 4) is 0 Å². The normalized spacial score (nSPS) is 36.5. The van der Waals surface area contributed by atoms with E-state index < -0.39 is 0 Å². The standard InChI is InChI=1S/C33H57N3O3/c1-24(2)7-6-8-25(3)29-11-12-30-28-10-9-26-23-27(39-22-21-38-20-19-37-18-17-35-36-34)13-15-32(26,4)31(28)14-16-33(29,30)5/h9,24-25,27-31H,6-8,10-23H2,1-5H3/t25-,27+,28+,29-,30+,31+,32+,33-/m1/s1. The van der Waals surface area contributed by atoms with Gasteiger partial charge >= 0.3 is 0 Å². The molecule has 0 spiro atoms. The highest BCUT2D eigenvalue weighted by Crippen LogP contribution is 2.67. The van der Waals surface area contributed by atoms with Crippen LogP contribution in [0.2, 0.25) is 0 Å². The van der Waals surface area contributed by atoms with Crippen molar-refractivity contribution in [3.63, 3.8) is 0 Å². The summed E-state index contributed by atoms with van der Waals surface area (Å²) in [5.74, 6) is 5.35. The third-order valence-corrected chi connectivity index (χ3v) is 11.6. The molecule has 3 saturated carbocycles. The van der Waals surface area contributed by atoms with Crippen LogP contribution in [-0.2, 0) is 14.2 Å². The van der Waals surface area contributed by atoms with Gasteiger partial charge in [0.25, 0.3) is 0 Å². The Morgan fingerprint density at radius 2 is 1.72 bits per heavy atom. The second-order valence-electron chi connectivity index (χ2n) is 14.2. The van der Waals surface area contributed by atoms with Gasteiger partial charge in [-0.25, -0.2) is 0 Å². The van der Waals surface area contributed by atoms with E-state index in [-0.39, 0.29) is 0 Å². The maximum absolute atomic E-state index is 8.26. The summed E-state index contributed by atoms with van der Waals surface area (Å²) in [6, 6.07) is 0. The fourth-order valence-corrected chi connectivity index (χ4v) is 9.54. The Morgan fingerprint density at radius 1 is 0.949 bits per heavy atom. The van der Waals surface area contributed by atoms with Gasteiger partial charge in [0.15, 0.2) is 0 Å². The minimum absolute atomic E-state index is 0.334. The van der Waals surface area contributed by atoms with Crippen molar-refractivity contribution < 1.29 is 14.2 Å². The van der Waals surface area contributed by atoms with Crippen LogP contribution in [0.15, 0.2) is 16.8 Å². The number of hydrogen-bond donors (Lipinski definition) is 0. The number of fused-ring (bicyclic) bond motifs is 5. The first-order valence-corrected chi connectivity index (χ1v) is 16.3. The minimum Gasteiger partial charge on any atom is -0.379 e. The number of hydrogen-bond acceptors (Lipinski definition) is 4. The Labute approximate surface area is 238 Å². The van der Waals surface area contributed by atoms with Crippen LogP contribution in [0.1, 0.15) is 105 Å². The molecular weight excluding hydrogens is 486 g/mol. The second kappa shape index (κ2) is 14.2. The second-order valence-corrected chi connectivity index (χ2v) is 14.2. The minimum atomic E-state index is 0.334. The Bertz CT molecular complexity index is 855. The monoisotopic (exact) mass is 543 g/mol. The predicted molar refractivity (Wildman–Crippen MR) is 158 cm³/mol. The zero-order valence-electron chi connectivity index (χ0n) is 25.7. The molecule has 222 valence electrons. The maximum Gasteiger partial charge on any atom is 0.0704 e. The number of ether oxygens (including phenoxy) is 3. The van der Waals surface area contributed by atoms with Crippen molar-refractivity contribution in [3.05, 3.63) is 22.1 Å². The molecule has 0 heterocycles. The molecule has 6 heteroatoms. The highest BCUT2D eigenvalue weighted by atomic mass is 16.5. The largest absolute Gasteiger partial charge is 0.379 e. The molecule has 0 aromatic heterocycles. The number of nitrogens with zero attached hydrogens (tertiary/aromatic N) is 3. The van der Waals surface area contributed by atoms with E-state index in [1.54, 1.807) is 5.57 Å². The van der Waals surface area contributed by atoms with Crippen LogP contribution in [0.4, 0.5) is 0 Å². The average molecular weight is 544 g/mol. The molecule has 4 rings (SSSR count). The van der Waals surface area contributed by atoms with Crippen LogP contribution in [-0.4, -0.2) is 45.7 Å². The van der Waals surface area contributed by atoms with E-state index in [0.717, 1.165) is 41.9 Å². The summed E-state index contributed by atoms with van der Waals surface area (Å²) in [5, 5.41) is 3.46.